The van der Waals surface area contributed by atoms with Gasteiger partial charge in [-0.15, -0.1) is 0 Å². The Bertz CT molecular complexity index is 371. The van der Waals surface area contributed by atoms with Crippen LogP contribution in [0, 0.1) is 0 Å². The van der Waals surface area contributed by atoms with Gasteiger partial charge in [0.1, 0.15) is 5.75 Å². The van der Waals surface area contributed by atoms with E-state index in [9.17, 15) is 0 Å². The molecule has 0 amide bonds. The Hall–Kier alpha value is -1.06. The third kappa shape index (κ3) is 3.48. The van der Waals surface area contributed by atoms with Gasteiger partial charge < -0.3 is 10.1 Å². The van der Waals surface area contributed by atoms with E-state index in [1.54, 1.807) is 7.11 Å². The summed E-state index contributed by atoms with van der Waals surface area (Å²) >= 11 is 0. The molecular weight excluding hydrogens is 236 g/mol. The summed E-state index contributed by atoms with van der Waals surface area (Å²) in [5, 5.41) is 3.44. The standard InChI is InChI=1S/C16H26N2O/c1-4-16(13-5-7-15(19-3)8-6-13)18(2)14-9-11-17-12-10-14/h5-8,14,16-17H,4,9-12H2,1-3H3. The van der Waals surface area contributed by atoms with Gasteiger partial charge in [0.2, 0.25) is 0 Å². The maximum atomic E-state index is 5.24. The topological polar surface area (TPSA) is 24.5 Å². The fourth-order valence-corrected chi connectivity index (χ4v) is 3.05. The normalized spacial score (nSPS) is 18.5. The first-order valence-electron chi connectivity index (χ1n) is 7.32. The van der Waals surface area contributed by atoms with Crippen LogP contribution in [0.4, 0.5) is 0 Å². The highest BCUT2D eigenvalue weighted by Crippen LogP contribution is 2.28. The van der Waals surface area contributed by atoms with Crippen LogP contribution in [-0.4, -0.2) is 38.2 Å². The quantitative estimate of drug-likeness (QED) is 0.883. The van der Waals surface area contributed by atoms with E-state index in [1.807, 2.05) is 0 Å². The fourth-order valence-electron chi connectivity index (χ4n) is 3.05. The number of hydrogen-bond donors (Lipinski definition) is 1. The minimum absolute atomic E-state index is 0.508. The van der Waals surface area contributed by atoms with Gasteiger partial charge in [0.15, 0.2) is 0 Å². The van der Waals surface area contributed by atoms with Crippen LogP contribution < -0.4 is 10.1 Å². The third-order valence-electron chi connectivity index (χ3n) is 4.26. The highest BCUT2D eigenvalue weighted by atomic mass is 16.5. The molecule has 0 aromatic heterocycles. The molecule has 3 nitrogen and oxygen atoms in total. The molecule has 1 aromatic carbocycles. The summed E-state index contributed by atoms with van der Waals surface area (Å²) in [6.07, 6.45) is 3.65. The van der Waals surface area contributed by atoms with Crippen molar-refractivity contribution in [1.82, 2.24) is 10.2 Å². The molecule has 1 aromatic rings. The Morgan fingerprint density at radius 2 is 1.89 bits per heavy atom. The van der Waals surface area contributed by atoms with Crippen LogP contribution in [0.15, 0.2) is 24.3 Å². The maximum Gasteiger partial charge on any atom is 0.118 e. The van der Waals surface area contributed by atoms with E-state index >= 15 is 0 Å². The van der Waals surface area contributed by atoms with Crippen LogP contribution in [0.2, 0.25) is 0 Å². The van der Waals surface area contributed by atoms with Crippen molar-refractivity contribution < 1.29 is 4.74 Å². The van der Waals surface area contributed by atoms with Crippen LogP contribution in [0.3, 0.4) is 0 Å². The zero-order valence-electron chi connectivity index (χ0n) is 12.4. The fraction of sp³-hybridized carbons (Fsp3) is 0.625. The van der Waals surface area contributed by atoms with Crippen LogP contribution in [-0.2, 0) is 0 Å². The molecule has 1 aliphatic heterocycles. The summed E-state index contributed by atoms with van der Waals surface area (Å²) in [5.74, 6) is 0.933. The number of nitrogens with zero attached hydrogens (tertiary/aromatic N) is 1. The predicted molar refractivity (Wildman–Crippen MR) is 79.7 cm³/mol. The molecule has 0 bridgehead atoms. The van der Waals surface area contributed by atoms with Crippen molar-refractivity contribution >= 4 is 0 Å². The first-order chi connectivity index (χ1) is 9.26. The lowest BCUT2D eigenvalue weighted by Gasteiger charge is -2.37. The molecule has 1 fully saturated rings. The van der Waals surface area contributed by atoms with Crippen molar-refractivity contribution in [2.24, 2.45) is 0 Å². The molecule has 3 heteroatoms. The van der Waals surface area contributed by atoms with Crippen molar-refractivity contribution in [3.05, 3.63) is 29.8 Å². The smallest absolute Gasteiger partial charge is 0.118 e. The maximum absolute atomic E-state index is 5.24. The number of methoxy groups -OCH3 is 1. The highest BCUT2D eigenvalue weighted by Gasteiger charge is 2.24. The summed E-state index contributed by atoms with van der Waals surface area (Å²) in [4.78, 5) is 2.56. The second kappa shape index (κ2) is 6.92. The summed E-state index contributed by atoms with van der Waals surface area (Å²) in [7, 11) is 3.99. The van der Waals surface area contributed by atoms with E-state index in [4.69, 9.17) is 4.74 Å². The molecule has 1 heterocycles. The van der Waals surface area contributed by atoms with E-state index < -0.39 is 0 Å². The van der Waals surface area contributed by atoms with Crippen molar-refractivity contribution in [2.75, 3.05) is 27.2 Å². The number of hydrogen-bond acceptors (Lipinski definition) is 3. The second-order valence-electron chi connectivity index (χ2n) is 5.34. The first kappa shape index (κ1) is 14.4. The third-order valence-corrected chi connectivity index (χ3v) is 4.26. The molecule has 0 aliphatic carbocycles. The lowest BCUT2D eigenvalue weighted by atomic mass is 9.97. The molecule has 0 saturated carbocycles. The molecule has 1 aliphatic rings. The van der Waals surface area contributed by atoms with Crippen LogP contribution in [0.1, 0.15) is 37.8 Å². The molecule has 0 radical (unpaired) electrons. The van der Waals surface area contributed by atoms with E-state index in [1.165, 1.54) is 18.4 Å². The second-order valence-corrected chi connectivity index (χ2v) is 5.34. The summed E-state index contributed by atoms with van der Waals surface area (Å²) in [6, 6.07) is 9.74. The van der Waals surface area contributed by atoms with Crippen LogP contribution >= 0.6 is 0 Å². The lowest BCUT2D eigenvalue weighted by molar-refractivity contribution is 0.139. The Balaban J connectivity index is 2.08. The van der Waals surface area contributed by atoms with Crippen LogP contribution in [0.5, 0.6) is 5.75 Å². The summed E-state index contributed by atoms with van der Waals surface area (Å²) in [6.45, 7) is 4.56. The number of ether oxygens (including phenoxy) is 1. The van der Waals surface area contributed by atoms with E-state index in [0.29, 0.717) is 12.1 Å². The Morgan fingerprint density at radius 1 is 1.26 bits per heavy atom. The van der Waals surface area contributed by atoms with Gasteiger partial charge in [-0.25, -0.2) is 0 Å². The van der Waals surface area contributed by atoms with Crippen molar-refractivity contribution in [2.45, 2.75) is 38.3 Å². The molecule has 106 valence electrons. The molecule has 19 heavy (non-hydrogen) atoms. The molecule has 1 saturated heterocycles. The average molecular weight is 262 g/mol. The van der Waals surface area contributed by atoms with Gasteiger partial charge in [-0.05, 0) is 57.1 Å². The molecule has 1 N–H and O–H groups in total. The Morgan fingerprint density at radius 3 is 2.42 bits per heavy atom. The average Bonchev–Trinajstić information content (AvgIpc) is 2.49. The zero-order valence-corrected chi connectivity index (χ0v) is 12.4. The van der Waals surface area contributed by atoms with Crippen molar-refractivity contribution in [3.8, 4) is 5.75 Å². The van der Waals surface area contributed by atoms with Gasteiger partial charge in [-0.3, -0.25) is 4.90 Å². The van der Waals surface area contributed by atoms with Gasteiger partial charge in [0.05, 0.1) is 7.11 Å². The van der Waals surface area contributed by atoms with Gasteiger partial charge in [-0.2, -0.15) is 0 Å². The minimum Gasteiger partial charge on any atom is -0.497 e. The van der Waals surface area contributed by atoms with Gasteiger partial charge in [0, 0.05) is 12.1 Å². The SMILES string of the molecule is CCC(c1ccc(OC)cc1)N(C)C1CCNCC1. The minimum atomic E-state index is 0.508. The first-order valence-corrected chi connectivity index (χ1v) is 7.32. The molecule has 0 spiro atoms. The molecule has 1 atom stereocenters. The van der Waals surface area contributed by atoms with Crippen molar-refractivity contribution in [1.29, 1.82) is 0 Å². The van der Waals surface area contributed by atoms with Gasteiger partial charge in [0.25, 0.3) is 0 Å². The lowest BCUT2D eigenvalue weighted by Crippen LogP contribution is -2.42. The van der Waals surface area contributed by atoms with E-state index in [-0.39, 0.29) is 0 Å². The number of piperidine rings is 1. The number of benzene rings is 1. The van der Waals surface area contributed by atoms with E-state index in [0.717, 1.165) is 25.3 Å². The van der Waals surface area contributed by atoms with Gasteiger partial charge >= 0.3 is 0 Å². The Kier molecular flexibility index (Phi) is 5.23. The Labute approximate surface area is 116 Å². The summed E-state index contributed by atoms with van der Waals surface area (Å²) in [5.41, 5.74) is 1.39. The molecule has 1 unspecified atom stereocenters. The molecule has 2 rings (SSSR count). The number of rotatable bonds is 5. The zero-order chi connectivity index (χ0) is 13.7. The molecular formula is C16H26N2O. The van der Waals surface area contributed by atoms with Gasteiger partial charge in [-0.1, -0.05) is 19.1 Å². The highest BCUT2D eigenvalue weighted by molar-refractivity contribution is 5.29. The monoisotopic (exact) mass is 262 g/mol. The largest absolute Gasteiger partial charge is 0.497 e. The predicted octanol–water partition coefficient (Wildman–Crippen LogP) is 2.83. The van der Waals surface area contributed by atoms with Crippen molar-refractivity contribution in [3.63, 3.8) is 0 Å². The van der Waals surface area contributed by atoms with Crippen LogP contribution in [0.25, 0.3) is 0 Å². The summed E-state index contributed by atoms with van der Waals surface area (Å²) < 4.78 is 5.24. The van der Waals surface area contributed by atoms with E-state index in [2.05, 4.69) is 48.5 Å². The number of nitrogens with one attached hydrogen (secondary N) is 1.